The van der Waals surface area contributed by atoms with Crippen molar-refractivity contribution in [2.45, 2.75) is 31.7 Å². The van der Waals surface area contributed by atoms with Crippen LogP contribution < -0.4 is 0 Å². The fourth-order valence-electron chi connectivity index (χ4n) is 2.74. The maximum Gasteiger partial charge on any atom is 0.0558 e. The molecule has 2 aliphatic rings. The van der Waals surface area contributed by atoms with Crippen LogP contribution in [0.3, 0.4) is 0 Å². The highest BCUT2D eigenvalue weighted by molar-refractivity contribution is 4.86. The molecule has 1 N–H and O–H groups in total. The standard InChI is InChI=1S/C12H24N2O/c1-13-6-2-3-11(9-13)10-14(7-8-15)12-4-5-12/h11-12,15H,2-10H2,1H3/t11-/m0/s1. The fraction of sp³-hybridized carbons (Fsp3) is 1.00. The number of hydrogen-bond acceptors (Lipinski definition) is 3. The highest BCUT2D eigenvalue weighted by Gasteiger charge is 2.30. The summed E-state index contributed by atoms with van der Waals surface area (Å²) in [7, 11) is 2.22. The summed E-state index contributed by atoms with van der Waals surface area (Å²) in [5.41, 5.74) is 0. The van der Waals surface area contributed by atoms with Gasteiger partial charge in [-0.05, 0) is 45.2 Å². The molecule has 1 aliphatic carbocycles. The van der Waals surface area contributed by atoms with Crippen LogP contribution in [0.5, 0.6) is 0 Å². The molecule has 1 atom stereocenters. The number of aliphatic hydroxyl groups is 1. The molecule has 3 heteroatoms. The van der Waals surface area contributed by atoms with Crippen LogP contribution in [-0.4, -0.2) is 60.8 Å². The zero-order valence-electron chi connectivity index (χ0n) is 9.86. The van der Waals surface area contributed by atoms with Crippen molar-refractivity contribution in [1.29, 1.82) is 0 Å². The Morgan fingerprint density at radius 2 is 2.13 bits per heavy atom. The third-order valence-electron chi connectivity index (χ3n) is 3.67. The first-order valence-corrected chi connectivity index (χ1v) is 6.33. The van der Waals surface area contributed by atoms with E-state index in [0.29, 0.717) is 6.61 Å². The Morgan fingerprint density at radius 1 is 1.33 bits per heavy atom. The molecule has 0 radical (unpaired) electrons. The van der Waals surface area contributed by atoms with Gasteiger partial charge in [-0.15, -0.1) is 0 Å². The normalized spacial score (nSPS) is 28.6. The zero-order valence-corrected chi connectivity index (χ0v) is 9.86. The second-order valence-electron chi connectivity index (χ2n) is 5.22. The summed E-state index contributed by atoms with van der Waals surface area (Å²) in [4.78, 5) is 4.95. The van der Waals surface area contributed by atoms with Gasteiger partial charge >= 0.3 is 0 Å². The number of likely N-dealkylation sites (tertiary alicyclic amines) is 1. The van der Waals surface area contributed by atoms with E-state index in [2.05, 4.69) is 16.8 Å². The topological polar surface area (TPSA) is 26.7 Å². The lowest BCUT2D eigenvalue weighted by molar-refractivity contribution is 0.128. The molecule has 0 aromatic rings. The third kappa shape index (κ3) is 3.44. The van der Waals surface area contributed by atoms with E-state index in [0.717, 1.165) is 18.5 Å². The lowest BCUT2D eigenvalue weighted by atomic mass is 9.98. The van der Waals surface area contributed by atoms with Gasteiger partial charge in [0.05, 0.1) is 6.61 Å². The molecule has 0 spiro atoms. The van der Waals surface area contributed by atoms with E-state index in [9.17, 15) is 0 Å². The number of hydrogen-bond donors (Lipinski definition) is 1. The van der Waals surface area contributed by atoms with Crippen molar-refractivity contribution in [3.63, 3.8) is 0 Å². The van der Waals surface area contributed by atoms with Crippen molar-refractivity contribution < 1.29 is 5.11 Å². The Hall–Kier alpha value is -0.120. The van der Waals surface area contributed by atoms with Gasteiger partial charge in [0.2, 0.25) is 0 Å². The summed E-state index contributed by atoms with van der Waals surface area (Å²) in [6.45, 7) is 4.91. The molecular weight excluding hydrogens is 188 g/mol. The van der Waals surface area contributed by atoms with Crippen LogP contribution in [0, 0.1) is 5.92 Å². The largest absolute Gasteiger partial charge is 0.395 e. The smallest absolute Gasteiger partial charge is 0.0558 e. The van der Waals surface area contributed by atoms with Crippen LogP contribution in [0.4, 0.5) is 0 Å². The van der Waals surface area contributed by atoms with Crippen LogP contribution in [0.1, 0.15) is 25.7 Å². The molecule has 1 saturated heterocycles. The number of nitrogens with zero attached hydrogens (tertiary/aromatic N) is 2. The Balaban J connectivity index is 1.77. The maximum atomic E-state index is 9.04. The second kappa shape index (κ2) is 5.28. The van der Waals surface area contributed by atoms with Crippen LogP contribution in [0.25, 0.3) is 0 Å². The van der Waals surface area contributed by atoms with Gasteiger partial charge in [0.25, 0.3) is 0 Å². The summed E-state index contributed by atoms with van der Waals surface area (Å²) in [6, 6.07) is 0.796. The summed E-state index contributed by atoms with van der Waals surface area (Å²) in [6.07, 6.45) is 5.42. The molecule has 3 nitrogen and oxygen atoms in total. The first kappa shape index (κ1) is 11.4. The van der Waals surface area contributed by atoms with E-state index in [-0.39, 0.29) is 0 Å². The van der Waals surface area contributed by atoms with E-state index < -0.39 is 0 Å². The summed E-state index contributed by atoms with van der Waals surface area (Å²) in [5.74, 6) is 0.830. The molecular formula is C12H24N2O. The van der Waals surface area contributed by atoms with Gasteiger partial charge in [-0.25, -0.2) is 0 Å². The summed E-state index contributed by atoms with van der Waals surface area (Å²) in [5, 5.41) is 9.04. The van der Waals surface area contributed by atoms with E-state index in [1.165, 1.54) is 45.3 Å². The minimum absolute atomic E-state index is 0.319. The van der Waals surface area contributed by atoms with Gasteiger partial charge in [-0.3, -0.25) is 4.90 Å². The van der Waals surface area contributed by atoms with Crippen molar-refractivity contribution in [3.05, 3.63) is 0 Å². The minimum atomic E-state index is 0.319. The highest BCUT2D eigenvalue weighted by atomic mass is 16.3. The lowest BCUT2D eigenvalue weighted by Crippen LogP contribution is -2.41. The molecule has 1 heterocycles. The SMILES string of the molecule is CN1CCC[C@H](CN(CCO)C2CC2)C1. The first-order chi connectivity index (χ1) is 7.29. The molecule has 0 aromatic carbocycles. The van der Waals surface area contributed by atoms with Gasteiger partial charge < -0.3 is 10.0 Å². The number of piperidine rings is 1. The Kier molecular flexibility index (Phi) is 4.00. The molecule has 1 saturated carbocycles. The first-order valence-electron chi connectivity index (χ1n) is 6.33. The lowest BCUT2D eigenvalue weighted by Gasteiger charge is -2.33. The van der Waals surface area contributed by atoms with Crippen molar-refractivity contribution in [2.75, 3.05) is 39.8 Å². The number of rotatable bonds is 5. The van der Waals surface area contributed by atoms with Gasteiger partial charge in [-0.2, -0.15) is 0 Å². The average Bonchev–Trinajstić information content (AvgIpc) is 3.00. The molecule has 2 rings (SSSR count). The molecule has 1 aliphatic heterocycles. The third-order valence-corrected chi connectivity index (χ3v) is 3.67. The van der Waals surface area contributed by atoms with Gasteiger partial charge in [0.15, 0.2) is 0 Å². The molecule has 0 aromatic heterocycles. The molecule has 0 amide bonds. The molecule has 15 heavy (non-hydrogen) atoms. The minimum Gasteiger partial charge on any atom is -0.395 e. The van der Waals surface area contributed by atoms with E-state index >= 15 is 0 Å². The Bertz CT molecular complexity index is 194. The highest BCUT2D eigenvalue weighted by Crippen LogP contribution is 2.28. The van der Waals surface area contributed by atoms with Crippen molar-refractivity contribution in [2.24, 2.45) is 5.92 Å². The zero-order chi connectivity index (χ0) is 10.7. The molecule has 0 unspecified atom stereocenters. The van der Waals surface area contributed by atoms with E-state index in [1.54, 1.807) is 0 Å². The van der Waals surface area contributed by atoms with Crippen LogP contribution in [0.2, 0.25) is 0 Å². The predicted octanol–water partition coefficient (Wildman–Crippen LogP) is 0.785. The molecule has 88 valence electrons. The van der Waals surface area contributed by atoms with E-state index in [4.69, 9.17) is 5.11 Å². The Morgan fingerprint density at radius 3 is 2.73 bits per heavy atom. The molecule has 0 bridgehead atoms. The van der Waals surface area contributed by atoms with Crippen molar-refractivity contribution in [1.82, 2.24) is 9.80 Å². The number of aliphatic hydroxyl groups excluding tert-OH is 1. The molecule has 2 fully saturated rings. The van der Waals surface area contributed by atoms with Crippen molar-refractivity contribution in [3.8, 4) is 0 Å². The predicted molar refractivity (Wildman–Crippen MR) is 61.9 cm³/mol. The fourth-order valence-corrected chi connectivity index (χ4v) is 2.74. The maximum absolute atomic E-state index is 9.04. The van der Waals surface area contributed by atoms with Crippen molar-refractivity contribution >= 4 is 0 Å². The van der Waals surface area contributed by atoms with Gasteiger partial charge in [0, 0.05) is 25.7 Å². The van der Waals surface area contributed by atoms with Gasteiger partial charge in [-0.1, -0.05) is 0 Å². The van der Waals surface area contributed by atoms with Crippen LogP contribution >= 0.6 is 0 Å². The van der Waals surface area contributed by atoms with Crippen LogP contribution in [0.15, 0.2) is 0 Å². The van der Waals surface area contributed by atoms with E-state index in [1.807, 2.05) is 0 Å². The average molecular weight is 212 g/mol. The van der Waals surface area contributed by atoms with Gasteiger partial charge in [0.1, 0.15) is 0 Å². The Labute approximate surface area is 93.1 Å². The quantitative estimate of drug-likeness (QED) is 0.730. The summed E-state index contributed by atoms with van der Waals surface area (Å²) >= 11 is 0. The second-order valence-corrected chi connectivity index (χ2v) is 5.22. The summed E-state index contributed by atoms with van der Waals surface area (Å²) < 4.78 is 0. The van der Waals surface area contributed by atoms with Crippen LogP contribution in [-0.2, 0) is 0 Å². The monoisotopic (exact) mass is 212 g/mol.